The Kier molecular flexibility index (Phi) is 8.03. The van der Waals surface area contributed by atoms with Crippen molar-refractivity contribution in [3.63, 3.8) is 0 Å². The first-order valence-corrected chi connectivity index (χ1v) is 16.3. The third-order valence-corrected chi connectivity index (χ3v) is 13.5. The van der Waals surface area contributed by atoms with Crippen molar-refractivity contribution in [2.45, 2.75) is 57.3 Å². The van der Waals surface area contributed by atoms with E-state index in [0.29, 0.717) is 10.7 Å². The Morgan fingerprint density at radius 1 is 1.24 bits per heavy atom. The lowest BCUT2D eigenvalue weighted by Crippen LogP contribution is -2.62. The molecule has 5 radical (unpaired) electrons. The van der Waals surface area contributed by atoms with Crippen LogP contribution in [0.3, 0.4) is 0 Å². The summed E-state index contributed by atoms with van der Waals surface area (Å²) in [5.74, 6) is 0.766. The van der Waals surface area contributed by atoms with Gasteiger partial charge in [0.05, 0.1) is 19.1 Å². The van der Waals surface area contributed by atoms with E-state index in [4.69, 9.17) is 13.9 Å². The summed E-state index contributed by atoms with van der Waals surface area (Å²) in [7, 11) is -0.449. The molecule has 0 bridgehead atoms. The predicted octanol–water partition coefficient (Wildman–Crippen LogP) is 5.79. The zero-order chi connectivity index (χ0) is 27.1. The van der Waals surface area contributed by atoms with Crippen LogP contribution in [0, 0.1) is 37.5 Å². The average Bonchev–Trinajstić information content (AvgIpc) is 3.47. The normalized spacial score (nSPS) is 23.1. The van der Waals surface area contributed by atoms with Gasteiger partial charge in [-0.25, -0.2) is 4.79 Å². The fraction of sp³-hybridized carbons (Fsp3) is 0.414. The maximum absolute atomic E-state index is 13.5. The fourth-order valence-corrected chi connectivity index (χ4v) is 7.53. The van der Waals surface area contributed by atoms with Gasteiger partial charge in [0, 0.05) is 16.4 Å². The number of carbonyl (C=O) groups excluding carboxylic acids is 2. The smallest absolute Gasteiger partial charge is 0.356 e. The Hall–Kier alpha value is -2.03. The molecule has 1 aromatic carbocycles. The Labute approximate surface area is 226 Å². The van der Waals surface area contributed by atoms with Crippen LogP contribution in [0.15, 0.2) is 36.6 Å². The van der Waals surface area contributed by atoms with Crippen LogP contribution in [0.4, 0.5) is 0 Å². The van der Waals surface area contributed by atoms with E-state index in [-0.39, 0.29) is 40.6 Å². The number of esters is 1. The molecule has 2 fully saturated rings. The number of hydrogen-bond acceptors (Lipinski definition) is 6. The van der Waals surface area contributed by atoms with Crippen molar-refractivity contribution in [3.05, 3.63) is 79.3 Å². The maximum Gasteiger partial charge on any atom is 0.356 e. The Bertz CT molecular complexity index is 1100. The van der Waals surface area contributed by atoms with E-state index in [0.717, 1.165) is 17.0 Å². The van der Waals surface area contributed by atoms with E-state index in [9.17, 15) is 9.59 Å². The number of rotatable bonds is 9. The number of carbonyl (C=O) groups is 2. The number of hydrogen-bond donors (Lipinski definition) is 0. The van der Waals surface area contributed by atoms with Crippen molar-refractivity contribution < 1.29 is 23.5 Å². The number of methoxy groups -OCH3 is 1. The molecule has 1 saturated heterocycles. The third kappa shape index (κ3) is 5.17. The molecule has 1 aromatic rings. The number of fused-ring (bicyclic) bond motifs is 1. The molecule has 0 N–H and O–H groups in total. The van der Waals surface area contributed by atoms with Crippen molar-refractivity contribution in [2.75, 3.05) is 13.7 Å². The second-order valence-corrected chi connectivity index (χ2v) is 16.9. The molecule has 2 heterocycles. The summed E-state index contributed by atoms with van der Waals surface area (Å²) < 4.78 is 17.7. The Morgan fingerprint density at radius 3 is 2.51 bits per heavy atom. The summed E-state index contributed by atoms with van der Waals surface area (Å²) in [6, 6.07) is 5.88. The number of amides is 1. The van der Waals surface area contributed by atoms with E-state index in [1.165, 1.54) is 17.8 Å². The molecule has 3 atom stereocenters. The van der Waals surface area contributed by atoms with Crippen molar-refractivity contribution in [3.8, 4) is 5.75 Å². The van der Waals surface area contributed by atoms with E-state index >= 15 is 0 Å². The topological polar surface area (TPSA) is 65.1 Å². The van der Waals surface area contributed by atoms with Gasteiger partial charge < -0.3 is 13.9 Å². The number of β-lactam (4-membered cyclic amide) rings is 1. The molecule has 2 aliphatic heterocycles. The van der Waals surface area contributed by atoms with E-state index in [2.05, 4.69) is 40.4 Å². The molecule has 197 valence electrons. The van der Waals surface area contributed by atoms with Gasteiger partial charge in [-0.15, -0.1) is 0 Å². The summed E-state index contributed by atoms with van der Waals surface area (Å²) in [5, 5.41) is -0.200. The van der Waals surface area contributed by atoms with Gasteiger partial charge in [0.2, 0.25) is 5.91 Å². The minimum absolute atomic E-state index is 0.0274. The molecule has 3 aliphatic rings. The van der Waals surface area contributed by atoms with Crippen LogP contribution in [0.2, 0.25) is 18.1 Å². The van der Waals surface area contributed by atoms with Crippen LogP contribution in [0.1, 0.15) is 38.8 Å². The number of ether oxygens (including phenoxy) is 2. The largest absolute Gasteiger partial charge is 0.496 e. The monoisotopic (exact) mass is 538 g/mol. The van der Waals surface area contributed by atoms with Crippen LogP contribution in [0.25, 0.3) is 4.91 Å². The summed E-state index contributed by atoms with van der Waals surface area (Å²) >= 11 is 1.52. The van der Waals surface area contributed by atoms with Gasteiger partial charge in [-0.05, 0) is 62.4 Å². The Morgan fingerprint density at radius 2 is 1.92 bits per heavy atom. The Balaban J connectivity index is 1.66. The van der Waals surface area contributed by atoms with Crippen molar-refractivity contribution >= 4 is 36.9 Å². The first-order chi connectivity index (χ1) is 17.4. The molecule has 1 amide bonds. The van der Waals surface area contributed by atoms with E-state index in [1.807, 2.05) is 50.8 Å². The van der Waals surface area contributed by atoms with Crippen LogP contribution >= 0.6 is 11.8 Å². The zero-order valence-corrected chi connectivity index (χ0v) is 24.5. The molecule has 37 heavy (non-hydrogen) atoms. The summed E-state index contributed by atoms with van der Waals surface area (Å²) in [6.07, 6.45) is 9.27. The molecule has 1 aliphatic carbocycles. The second-order valence-electron chi connectivity index (χ2n) is 11.0. The molecule has 1 saturated carbocycles. The van der Waals surface area contributed by atoms with Crippen LogP contribution < -0.4 is 4.74 Å². The van der Waals surface area contributed by atoms with Gasteiger partial charge >= 0.3 is 5.97 Å². The highest BCUT2D eigenvalue weighted by Gasteiger charge is 2.59. The lowest BCUT2D eigenvalue weighted by atomic mass is 9.91. The number of benzene rings is 1. The van der Waals surface area contributed by atoms with Gasteiger partial charge in [-0.2, -0.15) is 0 Å². The lowest BCUT2D eigenvalue weighted by Gasteiger charge is -2.48. The highest BCUT2D eigenvalue weighted by Crippen LogP contribution is 2.55. The van der Waals surface area contributed by atoms with Crippen LogP contribution in [0.5, 0.6) is 5.75 Å². The van der Waals surface area contributed by atoms with Crippen LogP contribution in [-0.4, -0.2) is 50.3 Å². The van der Waals surface area contributed by atoms with Gasteiger partial charge in [0.25, 0.3) is 0 Å². The van der Waals surface area contributed by atoms with Gasteiger partial charge in [0.1, 0.15) is 23.4 Å². The molecule has 8 heteroatoms. The quantitative estimate of drug-likeness (QED) is 0.172. The standard InChI is InChI=1S/C29H36NO5SSi/c1-9-16-34-28(32)24-25(20-14-15-21(22(17-20)33-6)19-12-10-11-13-19)36-27-23(26(31)30(24)27)18(2)35-37(7,8)29(3,4)5/h9-15,17-18,23,27H,1,16H2,2-8H3/t18-,23+,27-/m1/s1. The average molecular weight is 539 g/mol. The number of nitrogens with zero attached hydrogens (tertiary/aromatic N) is 1. The minimum atomic E-state index is -2.08. The number of thioether (sulfide) groups is 1. The van der Waals surface area contributed by atoms with E-state index < -0.39 is 14.3 Å². The molecular weight excluding hydrogens is 502 g/mol. The highest BCUT2D eigenvalue weighted by molar-refractivity contribution is 8.09. The maximum atomic E-state index is 13.5. The SMILES string of the molecule is C=CCOC(=O)C1=C(c2ccc([C]3[CH][CH][CH][CH]3)c(OC)c2)S[C@@H]2[C@@H]([C@@H](C)O[Si](C)(C)C(C)(C)C)C(=O)N12. The predicted molar refractivity (Wildman–Crippen MR) is 150 cm³/mol. The van der Waals surface area contributed by atoms with Gasteiger partial charge in [-0.1, -0.05) is 57.3 Å². The fourth-order valence-electron chi connectivity index (χ4n) is 4.51. The molecule has 6 nitrogen and oxygen atoms in total. The molecule has 0 unspecified atom stereocenters. The molecule has 0 aromatic heterocycles. The first kappa shape index (κ1) is 28.0. The highest BCUT2D eigenvalue weighted by atomic mass is 32.2. The van der Waals surface area contributed by atoms with Crippen molar-refractivity contribution in [2.24, 2.45) is 5.92 Å². The second kappa shape index (κ2) is 10.6. The van der Waals surface area contributed by atoms with Crippen molar-refractivity contribution in [1.29, 1.82) is 0 Å². The third-order valence-electron chi connectivity index (χ3n) is 7.53. The minimum Gasteiger partial charge on any atom is -0.496 e. The van der Waals surface area contributed by atoms with E-state index in [1.54, 1.807) is 12.0 Å². The lowest BCUT2D eigenvalue weighted by molar-refractivity contribution is -0.157. The zero-order valence-electron chi connectivity index (χ0n) is 22.7. The summed E-state index contributed by atoms with van der Waals surface area (Å²) in [6.45, 7) is 16.6. The molecular formula is C29H36NO5SSi. The summed E-state index contributed by atoms with van der Waals surface area (Å²) in [5.41, 5.74) is 2.05. The van der Waals surface area contributed by atoms with Gasteiger partial charge in [-0.3, -0.25) is 9.69 Å². The van der Waals surface area contributed by atoms with Crippen LogP contribution in [-0.2, 0) is 18.8 Å². The van der Waals surface area contributed by atoms with Crippen molar-refractivity contribution in [1.82, 2.24) is 4.90 Å². The molecule has 4 rings (SSSR count). The van der Waals surface area contributed by atoms with Gasteiger partial charge in [0.15, 0.2) is 8.32 Å². The molecule has 0 spiro atoms. The first-order valence-electron chi connectivity index (χ1n) is 12.5. The summed E-state index contributed by atoms with van der Waals surface area (Å²) in [4.78, 5) is 28.9.